The van der Waals surface area contributed by atoms with Gasteiger partial charge in [0, 0.05) is 56.9 Å². The van der Waals surface area contributed by atoms with Crippen LogP contribution in [0.1, 0.15) is 78.4 Å². The van der Waals surface area contributed by atoms with Crippen molar-refractivity contribution >= 4 is 66.7 Å². The lowest BCUT2D eigenvalue weighted by atomic mass is 10.0. The van der Waals surface area contributed by atoms with E-state index < -0.39 is 0 Å². The minimum atomic E-state index is -0.288. The molecule has 8 aromatic carbocycles. The number of hydrogen-bond acceptors (Lipinski definition) is 8. The molecule has 0 bridgehead atoms. The highest BCUT2D eigenvalue weighted by molar-refractivity contribution is 6.07. The van der Waals surface area contributed by atoms with Crippen molar-refractivity contribution in [3.05, 3.63) is 192 Å². The van der Waals surface area contributed by atoms with Crippen molar-refractivity contribution in [2.24, 2.45) is 11.5 Å². The van der Waals surface area contributed by atoms with Gasteiger partial charge < -0.3 is 42.5 Å². The maximum absolute atomic E-state index is 13.6. The van der Waals surface area contributed by atoms with Gasteiger partial charge in [0.05, 0.1) is 18.5 Å². The predicted octanol–water partition coefficient (Wildman–Crippen LogP) is 9.15. The first-order valence-corrected chi connectivity index (χ1v) is 27.7. The first kappa shape index (κ1) is 54.3. The van der Waals surface area contributed by atoms with Gasteiger partial charge in [-0.2, -0.15) is 0 Å². The number of carbonyl (C=O) groups is 4. The van der Waals surface area contributed by atoms with Crippen molar-refractivity contribution in [1.29, 1.82) is 0 Å². The Morgan fingerprint density at radius 2 is 0.909 bits per heavy atom. The second-order valence-electron chi connectivity index (χ2n) is 20.8. The first-order valence-electron chi connectivity index (χ1n) is 27.7. The molecular formula is C65H74N8O4. The zero-order valence-corrected chi connectivity index (χ0v) is 44.2. The maximum atomic E-state index is 13.6. The SMILES string of the molecule is NCCCC[C@@H]1N[C@H](CNC(=O)Cc2ccc3ccccc3c2)CCN(Cc2ccc3ccccc3c2)C1=O.NCCCC[C@@H]1N[C@H](CNC(=O)c2cccc3ccccc23)CCN(Cc2ccc3ccccc3c2)C1=O. The van der Waals surface area contributed by atoms with Crippen LogP contribution in [0.4, 0.5) is 0 Å². The van der Waals surface area contributed by atoms with Crippen LogP contribution in [0.15, 0.2) is 170 Å². The van der Waals surface area contributed by atoms with Gasteiger partial charge >= 0.3 is 0 Å². The van der Waals surface area contributed by atoms with Crippen LogP contribution in [-0.4, -0.2) is 96.9 Å². The third-order valence-electron chi connectivity index (χ3n) is 15.1. The molecule has 8 aromatic rings. The van der Waals surface area contributed by atoms with Crippen LogP contribution in [0, 0.1) is 0 Å². The average Bonchev–Trinajstić information content (AvgIpc) is 3.70. The van der Waals surface area contributed by atoms with Crippen molar-refractivity contribution in [3.8, 4) is 0 Å². The molecule has 2 saturated heterocycles. The maximum Gasteiger partial charge on any atom is 0.251 e. The number of fused-ring (bicyclic) bond motifs is 4. The van der Waals surface area contributed by atoms with Gasteiger partial charge in [-0.25, -0.2) is 0 Å². The molecule has 4 amide bonds. The highest BCUT2D eigenvalue weighted by atomic mass is 16.2. The number of nitrogens with one attached hydrogen (secondary N) is 4. The fraction of sp³-hybridized carbons (Fsp3) is 0.323. The van der Waals surface area contributed by atoms with E-state index in [4.69, 9.17) is 11.5 Å². The molecule has 10 rings (SSSR count). The molecule has 0 radical (unpaired) electrons. The van der Waals surface area contributed by atoms with Crippen LogP contribution >= 0.6 is 0 Å². The van der Waals surface area contributed by atoms with E-state index in [-0.39, 0.29) is 47.8 Å². The highest BCUT2D eigenvalue weighted by Gasteiger charge is 2.32. The Morgan fingerprint density at radius 1 is 0.481 bits per heavy atom. The summed E-state index contributed by atoms with van der Waals surface area (Å²) in [6, 6.07) is 56.9. The fourth-order valence-corrected chi connectivity index (χ4v) is 10.9. The van der Waals surface area contributed by atoms with Gasteiger partial charge in [-0.15, -0.1) is 0 Å². The summed E-state index contributed by atoms with van der Waals surface area (Å²) in [7, 11) is 0. The van der Waals surface area contributed by atoms with E-state index in [1.54, 1.807) is 0 Å². The number of nitrogens with two attached hydrogens (primary N) is 2. The molecule has 0 aromatic heterocycles. The van der Waals surface area contributed by atoms with Crippen molar-refractivity contribution in [2.75, 3.05) is 39.3 Å². The number of rotatable bonds is 19. The van der Waals surface area contributed by atoms with Crippen molar-refractivity contribution in [3.63, 3.8) is 0 Å². The van der Waals surface area contributed by atoms with Gasteiger partial charge in [0.15, 0.2) is 0 Å². The molecule has 4 atom stereocenters. The molecule has 12 heteroatoms. The molecule has 2 aliphatic rings. The van der Waals surface area contributed by atoms with Crippen molar-refractivity contribution < 1.29 is 19.2 Å². The standard InChI is InChI=1S/C33H38N4O2.C32H36N4O2/c34-17-6-5-11-31-33(39)37(23-25-13-15-27-8-2-4-10-29(27)20-25)18-16-30(36-31)22-35-32(38)21-24-12-14-26-7-1-3-9-28(26)19-24;33-18-6-5-14-30-32(38)36(22-23-15-16-24-8-1-2-10-26(24)20-23)19-17-27(35-30)21-34-31(37)29-13-7-11-25-9-3-4-12-28(25)29/h1-4,7-10,12-15,19-20,30-31,36H,5-6,11,16-18,21-23,34H2,(H,35,38);1-4,7-13,15-16,20,27,30,35H,5-6,14,17-19,21-22,33H2,(H,34,37)/t30-,31-;27-,30-/m00/s1. The van der Waals surface area contributed by atoms with Crippen LogP contribution < -0.4 is 32.7 Å². The minimum absolute atomic E-state index is 0.00218. The Hall–Kier alpha value is -7.48. The van der Waals surface area contributed by atoms with Crippen LogP contribution in [0.2, 0.25) is 0 Å². The summed E-state index contributed by atoms with van der Waals surface area (Å²) in [5, 5.41) is 22.4. The summed E-state index contributed by atoms with van der Waals surface area (Å²) in [5.41, 5.74) is 15.4. The van der Waals surface area contributed by atoms with E-state index in [1.165, 1.54) is 26.9 Å². The van der Waals surface area contributed by atoms with Crippen molar-refractivity contribution in [2.45, 2.75) is 95.0 Å². The summed E-state index contributed by atoms with van der Waals surface area (Å²) < 4.78 is 0. The minimum Gasteiger partial charge on any atom is -0.354 e. The molecule has 2 heterocycles. The predicted molar refractivity (Wildman–Crippen MR) is 312 cm³/mol. The summed E-state index contributed by atoms with van der Waals surface area (Å²) >= 11 is 0. The van der Waals surface area contributed by atoms with Gasteiger partial charge in [-0.1, -0.05) is 165 Å². The fourth-order valence-electron chi connectivity index (χ4n) is 10.9. The summed E-state index contributed by atoms with van der Waals surface area (Å²) in [4.78, 5) is 57.1. The van der Waals surface area contributed by atoms with Gasteiger partial charge in [0.2, 0.25) is 17.7 Å². The third kappa shape index (κ3) is 14.7. The average molecular weight is 1030 g/mol. The second kappa shape index (κ2) is 27.0. The van der Waals surface area contributed by atoms with E-state index in [0.29, 0.717) is 64.3 Å². The van der Waals surface area contributed by atoms with Gasteiger partial charge in [-0.05, 0) is 130 Å². The molecule has 0 unspecified atom stereocenters. The molecule has 12 nitrogen and oxygen atoms in total. The number of carbonyl (C=O) groups excluding carboxylic acids is 4. The molecule has 0 aliphatic carbocycles. The van der Waals surface area contributed by atoms with E-state index in [1.807, 2.05) is 94.7 Å². The Bertz CT molecular complexity index is 3280. The largest absolute Gasteiger partial charge is 0.354 e. The van der Waals surface area contributed by atoms with Crippen LogP contribution in [0.5, 0.6) is 0 Å². The van der Waals surface area contributed by atoms with Gasteiger partial charge in [-0.3, -0.25) is 19.2 Å². The quantitative estimate of drug-likeness (QED) is 0.0435. The molecule has 2 aliphatic heterocycles. The monoisotopic (exact) mass is 1030 g/mol. The Morgan fingerprint density at radius 3 is 1.42 bits per heavy atom. The Balaban J connectivity index is 0.000000188. The lowest BCUT2D eigenvalue weighted by Gasteiger charge is -2.25. The van der Waals surface area contributed by atoms with Crippen molar-refractivity contribution in [1.82, 2.24) is 31.1 Å². The Labute approximate surface area is 452 Å². The molecule has 0 spiro atoms. The lowest BCUT2D eigenvalue weighted by Crippen LogP contribution is -2.48. The van der Waals surface area contributed by atoms with Gasteiger partial charge in [0.1, 0.15) is 0 Å². The normalized spacial score (nSPS) is 17.9. The van der Waals surface area contributed by atoms with Gasteiger partial charge in [0.25, 0.3) is 5.91 Å². The molecule has 77 heavy (non-hydrogen) atoms. The topological polar surface area (TPSA) is 175 Å². The number of nitrogens with zero attached hydrogens (tertiary/aromatic N) is 2. The molecule has 398 valence electrons. The van der Waals surface area contributed by atoms with Crippen LogP contribution in [0.25, 0.3) is 43.1 Å². The lowest BCUT2D eigenvalue weighted by molar-refractivity contribution is -0.134. The summed E-state index contributed by atoms with van der Waals surface area (Å²) in [6.45, 7) is 4.65. The number of hydrogen-bond donors (Lipinski definition) is 6. The molecule has 2 fully saturated rings. The zero-order chi connectivity index (χ0) is 53.3. The highest BCUT2D eigenvalue weighted by Crippen LogP contribution is 2.24. The molecular weight excluding hydrogens is 957 g/mol. The van der Waals surface area contributed by atoms with E-state index >= 15 is 0 Å². The second-order valence-corrected chi connectivity index (χ2v) is 20.8. The van der Waals surface area contributed by atoms with E-state index in [0.717, 1.165) is 84.2 Å². The summed E-state index contributed by atoms with van der Waals surface area (Å²) in [5.74, 6) is 0.158. The number of benzene rings is 8. The smallest absolute Gasteiger partial charge is 0.251 e. The van der Waals surface area contributed by atoms with E-state index in [9.17, 15) is 19.2 Å². The number of amides is 4. The summed E-state index contributed by atoms with van der Waals surface area (Å²) in [6.07, 6.45) is 6.92. The van der Waals surface area contributed by atoms with Crippen LogP contribution in [-0.2, 0) is 33.9 Å². The zero-order valence-electron chi connectivity index (χ0n) is 44.2. The Kier molecular flexibility index (Phi) is 19.1. The molecule has 0 saturated carbocycles. The van der Waals surface area contributed by atoms with Crippen LogP contribution in [0.3, 0.4) is 0 Å². The first-order chi connectivity index (χ1) is 37.7. The third-order valence-corrected chi connectivity index (χ3v) is 15.1. The molecule has 8 N–H and O–H groups in total. The van der Waals surface area contributed by atoms with E-state index in [2.05, 4.69) is 106 Å². The number of unbranched alkanes of at least 4 members (excludes halogenated alkanes) is 2.